The van der Waals surface area contributed by atoms with Crippen molar-refractivity contribution >= 4 is 65.2 Å². The molecule has 0 heterocycles. The quantitative estimate of drug-likeness (QED) is 0.0200. The zero-order valence-electron chi connectivity index (χ0n) is 44.1. The fraction of sp³-hybridized carbons (Fsp3) is 0.540. The molecule has 0 aliphatic heterocycles. The summed E-state index contributed by atoms with van der Waals surface area (Å²) in [7, 11) is 0. The minimum absolute atomic E-state index is 0.0180. The van der Waals surface area contributed by atoms with Crippen molar-refractivity contribution in [2.75, 3.05) is 13.1 Å². The Labute approximate surface area is 446 Å². The Morgan fingerprint density at radius 1 is 0.519 bits per heavy atom. The number of nitrogens with one attached hydrogen (secondary N) is 7. The van der Waals surface area contributed by atoms with Crippen LogP contribution in [-0.4, -0.2) is 147 Å². The first-order valence-corrected chi connectivity index (χ1v) is 25.2. The Morgan fingerprint density at radius 3 is 1.44 bits per heavy atom. The number of carboxylic acid groups (broad SMARTS) is 2. The highest BCUT2D eigenvalue weighted by atomic mass is 16.4. The number of phenols is 2. The van der Waals surface area contributed by atoms with Gasteiger partial charge in [-0.25, -0.2) is 4.79 Å². The number of guanidine groups is 2. The molecule has 7 amide bonds. The lowest BCUT2D eigenvalue weighted by molar-refractivity contribution is -0.142. The number of benzene rings is 2. The largest absolute Gasteiger partial charge is 0.508 e. The van der Waals surface area contributed by atoms with Crippen molar-refractivity contribution < 1.29 is 63.6 Å². The Kier molecular flexibility index (Phi) is 27.8. The number of aliphatic imine (C=N–C) groups is 2. The van der Waals surface area contributed by atoms with Gasteiger partial charge < -0.3 is 86.3 Å². The van der Waals surface area contributed by atoms with E-state index in [2.05, 4.69) is 47.2 Å². The Hall–Kier alpha value is -8.23. The molecule has 0 aliphatic rings. The third kappa shape index (κ3) is 24.8. The van der Waals surface area contributed by atoms with Crippen LogP contribution < -0.4 is 65.9 Å². The maximum absolute atomic E-state index is 14.3. The molecule has 0 spiro atoms. The van der Waals surface area contributed by atoms with E-state index in [1.807, 2.05) is 0 Å². The van der Waals surface area contributed by atoms with Gasteiger partial charge in [-0.1, -0.05) is 58.4 Å². The molecule has 0 saturated heterocycles. The van der Waals surface area contributed by atoms with Crippen LogP contribution in [0.5, 0.6) is 11.5 Å². The number of phenolic OH excluding ortho intramolecular Hbond substituents is 2. The molecule has 2 aromatic carbocycles. The van der Waals surface area contributed by atoms with Gasteiger partial charge in [-0.15, -0.1) is 0 Å². The fourth-order valence-electron chi connectivity index (χ4n) is 7.55. The minimum Gasteiger partial charge on any atom is -0.508 e. The third-order valence-corrected chi connectivity index (χ3v) is 12.0. The second-order valence-corrected chi connectivity index (χ2v) is 19.1. The van der Waals surface area contributed by atoms with Crippen LogP contribution in [0.2, 0.25) is 0 Å². The van der Waals surface area contributed by atoms with Crippen molar-refractivity contribution in [2.24, 2.45) is 50.5 Å². The number of aliphatic carboxylic acids is 2. The van der Waals surface area contributed by atoms with Crippen molar-refractivity contribution in [3.63, 3.8) is 0 Å². The van der Waals surface area contributed by atoms with Crippen LogP contribution >= 0.6 is 0 Å². The Balaban J connectivity index is 2.39. The average Bonchev–Trinajstić information content (AvgIpc) is 3.35. The van der Waals surface area contributed by atoms with Crippen molar-refractivity contribution in [2.45, 2.75) is 147 Å². The second kappa shape index (κ2) is 32.9. The highest BCUT2D eigenvalue weighted by Gasteiger charge is 2.35. The molecule has 77 heavy (non-hydrogen) atoms. The molecule has 27 nitrogen and oxygen atoms in total. The number of carboxylic acids is 2. The lowest BCUT2D eigenvalue weighted by Crippen LogP contribution is -2.61. The summed E-state index contributed by atoms with van der Waals surface area (Å²) in [6.45, 7) is 8.36. The van der Waals surface area contributed by atoms with Crippen LogP contribution in [-0.2, 0) is 56.0 Å². The summed E-state index contributed by atoms with van der Waals surface area (Å²) < 4.78 is 0. The molecular formula is C50H78N14O13. The average molecular weight is 1080 g/mol. The smallest absolute Gasteiger partial charge is 0.326 e. The molecule has 426 valence electrons. The van der Waals surface area contributed by atoms with Gasteiger partial charge in [0.15, 0.2) is 11.9 Å². The molecule has 0 radical (unpaired) electrons. The Bertz CT molecular complexity index is 2360. The van der Waals surface area contributed by atoms with E-state index in [0.29, 0.717) is 11.1 Å². The highest BCUT2D eigenvalue weighted by molar-refractivity contribution is 5.98. The maximum atomic E-state index is 14.3. The van der Waals surface area contributed by atoms with Crippen LogP contribution in [0.3, 0.4) is 0 Å². The van der Waals surface area contributed by atoms with Crippen molar-refractivity contribution in [3.05, 3.63) is 59.7 Å². The van der Waals surface area contributed by atoms with Gasteiger partial charge in [0.1, 0.15) is 53.8 Å². The number of aromatic hydroxyl groups is 2. The predicted molar refractivity (Wildman–Crippen MR) is 284 cm³/mol. The summed E-state index contributed by atoms with van der Waals surface area (Å²) in [6.07, 6.45) is -0.688. The van der Waals surface area contributed by atoms with Gasteiger partial charge in [-0.3, -0.25) is 48.3 Å². The molecule has 0 unspecified atom stereocenters. The first-order chi connectivity index (χ1) is 36.2. The summed E-state index contributed by atoms with van der Waals surface area (Å²) in [6, 6.07) is 0.802. The van der Waals surface area contributed by atoms with Gasteiger partial charge in [0.05, 0.1) is 6.04 Å². The first-order valence-electron chi connectivity index (χ1n) is 25.2. The van der Waals surface area contributed by atoms with E-state index < -0.39 is 120 Å². The summed E-state index contributed by atoms with van der Waals surface area (Å²) in [5, 5.41) is 56.9. The standard InChI is InChI=1S/C50H78N14O13/c1-6-27(4)40(47(75)58-28(5)41(69)59-34(9-7-21-56-49(52)53)43(71)61-36(48(76)77)10-8-22-57-50(54)55)64-44(72)35(19-20-39(67)68)60-46(74)38(25-30-13-17-32(66)18-14-30)63-45(73)37(23-26(2)3)62-42(70)33(51)24-29-11-15-31(65)16-12-29/h11-18,26-28,33-38,40,65-66H,6-10,19-25,51H2,1-5H3,(H,58,75)(H,59,69)(H,60,74)(H,61,71)(H,62,70)(H,63,73)(H,64,72)(H,67,68)(H,76,77)(H4,52,53,56)(H4,54,55,57)/t27-,28-,33-,34-,35-,36-,37-,38-,40-/m0/s1. The van der Waals surface area contributed by atoms with Crippen LogP contribution in [0, 0.1) is 11.8 Å². The zero-order valence-corrected chi connectivity index (χ0v) is 44.1. The number of hydrogen-bond donors (Lipinski definition) is 16. The first kappa shape index (κ1) is 64.9. The molecular weight excluding hydrogens is 1000 g/mol. The van der Waals surface area contributed by atoms with Crippen molar-refractivity contribution in [1.29, 1.82) is 0 Å². The van der Waals surface area contributed by atoms with E-state index in [1.54, 1.807) is 39.8 Å². The lowest BCUT2D eigenvalue weighted by Gasteiger charge is -2.29. The number of carbonyl (C=O) groups is 9. The summed E-state index contributed by atoms with van der Waals surface area (Å²) >= 11 is 0. The van der Waals surface area contributed by atoms with Gasteiger partial charge in [-0.05, 0) is 99.1 Å². The van der Waals surface area contributed by atoms with E-state index in [0.717, 1.165) is 0 Å². The molecule has 0 saturated carbocycles. The van der Waals surface area contributed by atoms with Crippen LogP contribution in [0.1, 0.15) is 97.1 Å². The van der Waals surface area contributed by atoms with Gasteiger partial charge in [-0.2, -0.15) is 0 Å². The normalized spacial score (nSPS) is 14.5. The molecule has 0 fully saturated rings. The SMILES string of the molecule is CC[C@H](C)[C@H](NC(=O)[C@H](CCC(=O)O)NC(=O)[C@H](Cc1ccc(O)cc1)NC(=O)[C@H](CC(C)C)NC(=O)[C@@H](N)Cc1ccc(O)cc1)C(=O)N[C@@H](C)C(=O)N[C@@H](CCCN=C(N)N)C(=O)N[C@@H](CCCN=C(N)N)C(=O)O. The maximum Gasteiger partial charge on any atom is 0.326 e. The molecule has 27 heteroatoms. The van der Waals surface area contributed by atoms with E-state index in [4.69, 9.17) is 28.7 Å². The summed E-state index contributed by atoms with van der Waals surface area (Å²) in [4.78, 5) is 129. The third-order valence-electron chi connectivity index (χ3n) is 12.0. The predicted octanol–water partition coefficient (Wildman–Crippen LogP) is -2.23. The molecule has 21 N–H and O–H groups in total. The second-order valence-electron chi connectivity index (χ2n) is 19.1. The monoisotopic (exact) mass is 1080 g/mol. The van der Waals surface area contributed by atoms with Crippen LogP contribution in [0.25, 0.3) is 0 Å². The molecule has 9 atom stereocenters. The number of amides is 7. The van der Waals surface area contributed by atoms with Crippen LogP contribution in [0.4, 0.5) is 0 Å². The van der Waals surface area contributed by atoms with E-state index in [9.17, 15) is 63.6 Å². The van der Waals surface area contributed by atoms with Crippen molar-refractivity contribution in [3.8, 4) is 11.5 Å². The number of nitrogens with two attached hydrogens (primary N) is 5. The topological polar surface area (TPSA) is 474 Å². The number of hydrogen-bond acceptors (Lipinski definition) is 14. The molecule has 0 aromatic heterocycles. The van der Waals surface area contributed by atoms with Crippen LogP contribution in [0.15, 0.2) is 58.5 Å². The molecule has 0 aliphatic carbocycles. The fourth-order valence-corrected chi connectivity index (χ4v) is 7.55. The number of carbonyl (C=O) groups excluding carboxylic acids is 7. The van der Waals surface area contributed by atoms with E-state index in [-0.39, 0.29) is 93.8 Å². The van der Waals surface area contributed by atoms with Gasteiger partial charge in [0.2, 0.25) is 41.4 Å². The number of rotatable bonds is 34. The van der Waals surface area contributed by atoms with Gasteiger partial charge >= 0.3 is 11.9 Å². The number of nitrogens with zero attached hydrogens (tertiary/aromatic N) is 2. The molecule has 0 bridgehead atoms. The van der Waals surface area contributed by atoms with Crippen molar-refractivity contribution in [1.82, 2.24) is 37.2 Å². The Morgan fingerprint density at radius 2 is 0.948 bits per heavy atom. The zero-order chi connectivity index (χ0) is 57.9. The molecule has 2 rings (SSSR count). The summed E-state index contributed by atoms with van der Waals surface area (Å²) in [5.41, 5.74) is 28.8. The van der Waals surface area contributed by atoms with E-state index >= 15 is 0 Å². The van der Waals surface area contributed by atoms with Gasteiger partial charge in [0, 0.05) is 25.9 Å². The highest BCUT2D eigenvalue weighted by Crippen LogP contribution is 2.16. The van der Waals surface area contributed by atoms with Gasteiger partial charge in [0.25, 0.3) is 0 Å². The molecule has 2 aromatic rings. The summed E-state index contributed by atoms with van der Waals surface area (Å²) in [5.74, 6) is -10.0. The minimum atomic E-state index is -1.62. The van der Waals surface area contributed by atoms with E-state index in [1.165, 1.54) is 43.3 Å². The lowest BCUT2D eigenvalue weighted by atomic mass is 9.97.